The van der Waals surface area contributed by atoms with Crippen LogP contribution in [0.4, 0.5) is 11.4 Å². The number of benzene rings is 1. The topological polar surface area (TPSA) is 81.2 Å². The van der Waals surface area contributed by atoms with Gasteiger partial charge in [-0.2, -0.15) is 0 Å². The molecule has 98 valence electrons. The molecule has 2 aromatic rings. The van der Waals surface area contributed by atoms with Crippen LogP contribution in [0.25, 0.3) is 6.08 Å². The van der Waals surface area contributed by atoms with Gasteiger partial charge >= 0.3 is 5.69 Å². The van der Waals surface area contributed by atoms with E-state index in [9.17, 15) is 10.1 Å². The number of nitrogens with one attached hydrogen (secondary N) is 1. The van der Waals surface area contributed by atoms with Gasteiger partial charge in [0, 0.05) is 18.0 Å². The molecule has 0 atom stereocenters. The molecule has 0 radical (unpaired) electrons. The molecule has 19 heavy (non-hydrogen) atoms. The van der Waals surface area contributed by atoms with E-state index < -0.39 is 4.92 Å². The van der Waals surface area contributed by atoms with Crippen LogP contribution < -0.4 is 5.32 Å². The summed E-state index contributed by atoms with van der Waals surface area (Å²) >= 11 is 0. The monoisotopic (exact) mass is 259 g/mol. The van der Waals surface area contributed by atoms with Gasteiger partial charge in [0.15, 0.2) is 5.69 Å². The summed E-state index contributed by atoms with van der Waals surface area (Å²) in [5.74, 6) is 0.127. The molecule has 0 aliphatic carbocycles. The highest BCUT2D eigenvalue weighted by Crippen LogP contribution is 2.23. The minimum atomic E-state index is -0.503. The lowest BCUT2D eigenvalue weighted by Crippen LogP contribution is -1.91. The van der Waals surface area contributed by atoms with Crippen molar-refractivity contribution >= 4 is 17.5 Å². The molecule has 0 saturated carbocycles. The third-order valence-corrected chi connectivity index (χ3v) is 2.58. The summed E-state index contributed by atoms with van der Waals surface area (Å²) in [5.41, 5.74) is 2.21. The predicted molar refractivity (Wildman–Crippen MR) is 71.7 cm³/mol. The maximum Gasteiger partial charge on any atom is 0.338 e. The molecule has 0 aliphatic heterocycles. The Labute approximate surface area is 109 Å². The minimum Gasteiger partial charge on any atom is -0.362 e. The second-order valence-electron chi connectivity index (χ2n) is 4.08. The fraction of sp³-hybridized carbons (Fsp3) is 0.154. The molecule has 0 saturated heterocycles. The molecule has 0 aliphatic rings. The van der Waals surface area contributed by atoms with E-state index in [0.29, 0.717) is 0 Å². The Morgan fingerprint density at radius 3 is 2.63 bits per heavy atom. The van der Waals surface area contributed by atoms with E-state index in [1.807, 2.05) is 31.2 Å². The summed E-state index contributed by atoms with van der Waals surface area (Å²) < 4.78 is 4.90. The zero-order valence-electron chi connectivity index (χ0n) is 10.6. The fourth-order valence-electron chi connectivity index (χ4n) is 1.58. The Morgan fingerprint density at radius 1 is 1.32 bits per heavy atom. The van der Waals surface area contributed by atoms with Crippen LogP contribution >= 0.6 is 0 Å². The Bertz CT molecular complexity index is 615. The lowest BCUT2D eigenvalue weighted by Gasteiger charge is -1.99. The molecule has 1 N–H and O–H groups in total. The van der Waals surface area contributed by atoms with Crippen molar-refractivity contribution in [3.8, 4) is 0 Å². The average Bonchev–Trinajstić information content (AvgIpc) is 2.73. The molecule has 2 rings (SSSR count). The molecular weight excluding hydrogens is 246 g/mol. The van der Waals surface area contributed by atoms with Crippen LogP contribution in [0.15, 0.2) is 35.0 Å². The normalized spacial score (nSPS) is 10.8. The van der Waals surface area contributed by atoms with Gasteiger partial charge in [-0.1, -0.05) is 22.9 Å². The number of nitro groups is 1. The molecule has 0 unspecified atom stereocenters. The Morgan fingerprint density at radius 2 is 2.00 bits per heavy atom. The van der Waals surface area contributed by atoms with Crippen LogP contribution in [0.5, 0.6) is 0 Å². The molecule has 1 aromatic heterocycles. The summed E-state index contributed by atoms with van der Waals surface area (Å²) in [6.07, 6.45) is 3.07. The van der Waals surface area contributed by atoms with Crippen LogP contribution in [0.1, 0.15) is 17.0 Å². The van der Waals surface area contributed by atoms with E-state index in [1.54, 1.807) is 6.20 Å². The molecule has 6 nitrogen and oxygen atoms in total. The lowest BCUT2D eigenvalue weighted by molar-refractivity contribution is -0.386. The van der Waals surface area contributed by atoms with Gasteiger partial charge < -0.3 is 9.84 Å². The van der Waals surface area contributed by atoms with Gasteiger partial charge in [-0.15, -0.1) is 0 Å². The highest BCUT2D eigenvalue weighted by atomic mass is 16.6. The van der Waals surface area contributed by atoms with Gasteiger partial charge in [0.1, 0.15) is 0 Å². The first-order valence-corrected chi connectivity index (χ1v) is 5.68. The van der Waals surface area contributed by atoms with Crippen molar-refractivity contribution in [2.45, 2.75) is 13.8 Å². The van der Waals surface area contributed by atoms with Gasteiger partial charge in [0.05, 0.1) is 4.92 Å². The maximum absolute atomic E-state index is 10.8. The summed E-state index contributed by atoms with van der Waals surface area (Å²) in [6, 6.07) is 7.77. The van der Waals surface area contributed by atoms with Crippen LogP contribution in [-0.4, -0.2) is 10.1 Å². The average molecular weight is 259 g/mol. The van der Waals surface area contributed by atoms with E-state index in [2.05, 4.69) is 10.5 Å². The molecule has 0 amide bonds. The molecule has 1 heterocycles. The number of nitrogens with zero attached hydrogens (tertiary/aromatic N) is 2. The molecule has 0 fully saturated rings. The number of anilines is 1. The molecule has 0 spiro atoms. The van der Waals surface area contributed by atoms with Crippen molar-refractivity contribution < 1.29 is 9.45 Å². The largest absolute Gasteiger partial charge is 0.362 e. The standard InChI is InChI=1S/C13H13N3O3/c1-9-3-5-11(6-4-9)14-8-7-12-13(16(17)18)10(2)15-19-12/h3-8,14H,1-2H3/b8-7+. The van der Waals surface area contributed by atoms with Gasteiger partial charge in [-0.25, -0.2) is 0 Å². The van der Waals surface area contributed by atoms with Gasteiger partial charge in [0.2, 0.25) is 5.76 Å². The number of hydrogen-bond acceptors (Lipinski definition) is 5. The van der Waals surface area contributed by atoms with Crippen LogP contribution in [0, 0.1) is 24.0 Å². The zero-order chi connectivity index (χ0) is 13.8. The maximum atomic E-state index is 10.8. The highest BCUT2D eigenvalue weighted by Gasteiger charge is 2.21. The van der Waals surface area contributed by atoms with E-state index in [0.717, 1.165) is 11.3 Å². The first kappa shape index (κ1) is 12.8. The Hall–Kier alpha value is -2.63. The van der Waals surface area contributed by atoms with Crippen LogP contribution in [0.2, 0.25) is 0 Å². The Balaban J connectivity index is 2.11. The van der Waals surface area contributed by atoms with Crippen molar-refractivity contribution in [2.24, 2.45) is 0 Å². The summed E-state index contributed by atoms with van der Waals surface area (Å²) in [4.78, 5) is 10.3. The van der Waals surface area contributed by atoms with Crippen molar-refractivity contribution in [3.05, 3.63) is 57.6 Å². The van der Waals surface area contributed by atoms with Gasteiger partial charge in [-0.05, 0) is 26.0 Å². The van der Waals surface area contributed by atoms with E-state index in [4.69, 9.17) is 4.52 Å². The van der Waals surface area contributed by atoms with Crippen molar-refractivity contribution in [1.82, 2.24) is 5.16 Å². The second-order valence-corrected chi connectivity index (χ2v) is 4.08. The number of aryl methyl sites for hydroxylation is 2. The quantitative estimate of drug-likeness (QED) is 0.673. The zero-order valence-corrected chi connectivity index (χ0v) is 10.6. The van der Waals surface area contributed by atoms with Crippen LogP contribution in [0.3, 0.4) is 0 Å². The van der Waals surface area contributed by atoms with Gasteiger partial charge in [0.25, 0.3) is 0 Å². The summed E-state index contributed by atoms with van der Waals surface area (Å²) in [6.45, 7) is 3.53. The van der Waals surface area contributed by atoms with Gasteiger partial charge in [-0.3, -0.25) is 10.1 Å². The van der Waals surface area contributed by atoms with E-state index >= 15 is 0 Å². The van der Waals surface area contributed by atoms with Crippen molar-refractivity contribution in [3.63, 3.8) is 0 Å². The first-order chi connectivity index (χ1) is 9.08. The second kappa shape index (κ2) is 5.34. The highest BCUT2D eigenvalue weighted by molar-refractivity contribution is 5.59. The molecule has 0 bridgehead atoms. The third kappa shape index (κ3) is 2.98. The molecule has 6 heteroatoms. The smallest absolute Gasteiger partial charge is 0.338 e. The minimum absolute atomic E-state index is 0.109. The number of aromatic nitrogens is 1. The number of hydrogen-bond donors (Lipinski definition) is 1. The van der Waals surface area contributed by atoms with E-state index in [-0.39, 0.29) is 17.1 Å². The Kier molecular flexibility index (Phi) is 3.61. The predicted octanol–water partition coefficient (Wildman–Crippen LogP) is 3.28. The lowest BCUT2D eigenvalue weighted by atomic mass is 10.2. The third-order valence-electron chi connectivity index (χ3n) is 2.58. The van der Waals surface area contributed by atoms with Crippen LogP contribution in [-0.2, 0) is 0 Å². The van der Waals surface area contributed by atoms with Crippen molar-refractivity contribution in [1.29, 1.82) is 0 Å². The fourth-order valence-corrected chi connectivity index (χ4v) is 1.58. The summed E-state index contributed by atoms with van der Waals surface area (Å²) in [7, 11) is 0. The molecular formula is C13H13N3O3. The number of rotatable bonds is 4. The molecule has 1 aromatic carbocycles. The van der Waals surface area contributed by atoms with E-state index in [1.165, 1.54) is 13.0 Å². The van der Waals surface area contributed by atoms with Crippen molar-refractivity contribution in [2.75, 3.05) is 5.32 Å². The SMILES string of the molecule is Cc1ccc(N/C=C/c2onc(C)c2[N+](=O)[O-])cc1. The summed E-state index contributed by atoms with van der Waals surface area (Å²) in [5, 5.41) is 17.4. The first-order valence-electron chi connectivity index (χ1n) is 5.68.